The van der Waals surface area contributed by atoms with E-state index in [1.165, 1.54) is 12.1 Å². The number of rotatable bonds is 7. The molecule has 2 N–H and O–H groups in total. The van der Waals surface area contributed by atoms with E-state index in [2.05, 4.69) is 10.6 Å². The van der Waals surface area contributed by atoms with Crippen molar-refractivity contribution >= 4 is 47.0 Å². The first-order valence-corrected chi connectivity index (χ1v) is 7.45. The zero-order valence-electron chi connectivity index (χ0n) is 12.1. The van der Waals surface area contributed by atoms with Gasteiger partial charge in [-0.25, -0.2) is 0 Å². The first-order chi connectivity index (χ1) is 10.6. The molecule has 0 atom stereocenters. The Bertz CT molecular complexity index is 668. The van der Waals surface area contributed by atoms with Crippen molar-refractivity contribution in [3.8, 4) is 0 Å². The van der Waals surface area contributed by atoms with E-state index in [0.29, 0.717) is 17.3 Å². The quantitative estimate of drug-likeness (QED) is 0.423. The Morgan fingerprint density at radius 2 is 1.87 bits per heavy atom. The number of anilines is 1. The Kier molecular flexibility index (Phi) is 8.12. The van der Waals surface area contributed by atoms with E-state index < -0.39 is 4.92 Å². The van der Waals surface area contributed by atoms with Crippen molar-refractivity contribution in [2.75, 3.05) is 18.4 Å². The van der Waals surface area contributed by atoms with E-state index in [9.17, 15) is 10.1 Å². The molecule has 0 amide bonds. The van der Waals surface area contributed by atoms with Crippen LogP contribution in [0.3, 0.4) is 0 Å². The van der Waals surface area contributed by atoms with E-state index in [1.54, 1.807) is 6.07 Å². The molecule has 0 spiro atoms. The standard InChI is InChI=1S/C15H15Cl2N3O2.ClH/c16-12-3-1-2-11(8-12)10-18-6-7-19-15-5-4-13(20(21)22)9-14(15)17;/h1-5,8-9,18-19H,6-7,10H2;1H. The number of hydrogen-bond donors (Lipinski definition) is 2. The van der Waals surface area contributed by atoms with Gasteiger partial charge in [0.1, 0.15) is 0 Å². The molecule has 0 aliphatic rings. The van der Waals surface area contributed by atoms with Gasteiger partial charge >= 0.3 is 0 Å². The minimum Gasteiger partial charge on any atom is -0.383 e. The van der Waals surface area contributed by atoms with Crippen molar-refractivity contribution in [2.24, 2.45) is 0 Å². The molecule has 2 aromatic rings. The Balaban J connectivity index is 0.00000264. The van der Waals surface area contributed by atoms with Gasteiger partial charge in [0.25, 0.3) is 5.69 Å². The van der Waals surface area contributed by atoms with E-state index in [-0.39, 0.29) is 18.1 Å². The van der Waals surface area contributed by atoms with Crippen LogP contribution in [0.2, 0.25) is 10.0 Å². The first kappa shape index (κ1) is 19.5. The summed E-state index contributed by atoms with van der Waals surface area (Å²) < 4.78 is 0. The van der Waals surface area contributed by atoms with Crippen molar-refractivity contribution in [3.63, 3.8) is 0 Å². The van der Waals surface area contributed by atoms with Crippen LogP contribution in [-0.2, 0) is 6.54 Å². The summed E-state index contributed by atoms with van der Waals surface area (Å²) in [7, 11) is 0. The molecule has 2 aromatic carbocycles. The minimum absolute atomic E-state index is 0. The average molecular weight is 377 g/mol. The van der Waals surface area contributed by atoms with Crippen LogP contribution in [0, 0.1) is 10.1 Å². The lowest BCUT2D eigenvalue weighted by Gasteiger charge is -2.09. The van der Waals surface area contributed by atoms with Gasteiger partial charge in [0.05, 0.1) is 15.6 Å². The van der Waals surface area contributed by atoms with Crippen molar-refractivity contribution in [1.82, 2.24) is 5.32 Å². The molecule has 0 heterocycles. The zero-order chi connectivity index (χ0) is 15.9. The maximum absolute atomic E-state index is 10.6. The molecule has 0 saturated carbocycles. The molecular formula is C15H16Cl3N3O2. The number of nitro groups is 1. The second-order valence-corrected chi connectivity index (χ2v) is 5.50. The van der Waals surface area contributed by atoms with Gasteiger partial charge in [-0.2, -0.15) is 0 Å². The predicted octanol–water partition coefficient (Wildman–Crippen LogP) is 4.53. The van der Waals surface area contributed by atoms with Gasteiger partial charge in [-0.3, -0.25) is 10.1 Å². The van der Waals surface area contributed by atoms with Crippen LogP contribution in [0.25, 0.3) is 0 Å². The molecule has 0 radical (unpaired) electrons. The summed E-state index contributed by atoms with van der Waals surface area (Å²) in [4.78, 5) is 10.2. The van der Waals surface area contributed by atoms with Gasteiger partial charge in [-0.15, -0.1) is 12.4 Å². The maximum atomic E-state index is 10.6. The largest absolute Gasteiger partial charge is 0.383 e. The lowest BCUT2D eigenvalue weighted by atomic mass is 10.2. The van der Waals surface area contributed by atoms with E-state index >= 15 is 0 Å². The van der Waals surface area contributed by atoms with Crippen LogP contribution in [-0.4, -0.2) is 18.0 Å². The lowest BCUT2D eigenvalue weighted by molar-refractivity contribution is -0.384. The summed E-state index contributed by atoms with van der Waals surface area (Å²) in [5.41, 5.74) is 1.77. The van der Waals surface area contributed by atoms with Crippen LogP contribution in [0.5, 0.6) is 0 Å². The van der Waals surface area contributed by atoms with Crippen molar-refractivity contribution in [3.05, 3.63) is 68.2 Å². The highest BCUT2D eigenvalue weighted by atomic mass is 35.5. The van der Waals surface area contributed by atoms with Crippen LogP contribution in [0.1, 0.15) is 5.56 Å². The van der Waals surface area contributed by atoms with E-state index in [1.807, 2.05) is 24.3 Å². The van der Waals surface area contributed by atoms with Gasteiger partial charge in [0.2, 0.25) is 0 Å². The summed E-state index contributed by atoms with van der Waals surface area (Å²) >= 11 is 11.9. The smallest absolute Gasteiger partial charge is 0.271 e. The third-order valence-electron chi connectivity index (χ3n) is 3.00. The number of nitrogens with one attached hydrogen (secondary N) is 2. The monoisotopic (exact) mass is 375 g/mol. The van der Waals surface area contributed by atoms with Crippen molar-refractivity contribution in [1.29, 1.82) is 0 Å². The van der Waals surface area contributed by atoms with Crippen LogP contribution >= 0.6 is 35.6 Å². The molecular weight excluding hydrogens is 361 g/mol. The molecule has 5 nitrogen and oxygen atoms in total. The molecule has 0 saturated heterocycles. The summed E-state index contributed by atoms with van der Waals surface area (Å²) in [5, 5.41) is 18.1. The fourth-order valence-corrected chi connectivity index (χ4v) is 2.38. The van der Waals surface area contributed by atoms with Gasteiger partial charge in [-0.1, -0.05) is 35.3 Å². The Morgan fingerprint density at radius 1 is 1.09 bits per heavy atom. The number of non-ortho nitro benzene ring substituents is 1. The normalized spacial score (nSPS) is 10.0. The highest BCUT2D eigenvalue weighted by Crippen LogP contribution is 2.26. The van der Waals surface area contributed by atoms with Crippen molar-refractivity contribution in [2.45, 2.75) is 6.54 Å². The molecule has 0 aromatic heterocycles. The summed E-state index contributed by atoms with van der Waals surface area (Å²) in [6.07, 6.45) is 0. The fraction of sp³-hybridized carbons (Fsp3) is 0.200. The molecule has 0 bridgehead atoms. The number of nitro benzene ring substituents is 1. The average Bonchev–Trinajstić information content (AvgIpc) is 2.48. The zero-order valence-corrected chi connectivity index (χ0v) is 14.4. The van der Waals surface area contributed by atoms with Gasteiger partial charge in [0, 0.05) is 36.8 Å². The molecule has 124 valence electrons. The third kappa shape index (κ3) is 6.23. The predicted molar refractivity (Wildman–Crippen MR) is 97.0 cm³/mol. The first-order valence-electron chi connectivity index (χ1n) is 6.69. The highest BCUT2D eigenvalue weighted by Gasteiger charge is 2.08. The molecule has 0 unspecified atom stereocenters. The minimum atomic E-state index is -0.470. The molecule has 23 heavy (non-hydrogen) atoms. The number of halogens is 3. The van der Waals surface area contributed by atoms with Gasteiger partial charge < -0.3 is 10.6 Å². The Morgan fingerprint density at radius 3 is 2.52 bits per heavy atom. The highest BCUT2D eigenvalue weighted by molar-refractivity contribution is 6.33. The molecule has 8 heteroatoms. The summed E-state index contributed by atoms with van der Waals surface area (Å²) in [6, 6.07) is 12.0. The fourth-order valence-electron chi connectivity index (χ4n) is 1.93. The SMILES string of the molecule is Cl.O=[N+]([O-])c1ccc(NCCNCc2cccc(Cl)c2)c(Cl)c1. The second kappa shape index (κ2) is 9.57. The van der Waals surface area contributed by atoms with Crippen LogP contribution in [0.15, 0.2) is 42.5 Å². The molecule has 2 rings (SSSR count). The van der Waals surface area contributed by atoms with Gasteiger partial charge in [0.15, 0.2) is 0 Å². The molecule has 0 aliphatic carbocycles. The number of hydrogen-bond acceptors (Lipinski definition) is 4. The second-order valence-electron chi connectivity index (χ2n) is 4.65. The number of benzene rings is 2. The van der Waals surface area contributed by atoms with E-state index in [0.717, 1.165) is 23.7 Å². The third-order valence-corrected chi connectivity index (χ3v) is 3.55. The topological polar surface area (TPSA) is 67.2 Å². The van der Waals surface area contributed by atoms with Crippen molar-refractivity contribution < 1.29 is 4.92 Å². The Labute approximate surface area is 150 Å². The summed E-state index contributed by atoms with van der Waals surface area (Å²) in [6.45, 7) is 2.09. The van der Waals surface area contributed by atoms with E-state index in [4.69, 9.17) is 23.2 Å². The van der Waals surface area contributed by atoms with Crippen LogP contribution in [0.4, 0.5) is 11.4 Å². The lowest BCUT2D eigenvalue weighted by Crippen LogP contribution is -2.21. The van der Waals surface area contributed by atoms with Crippen LogP contribution < -0.4 is 10.6 Å². The number of nitrogens with zero attached hydrogens (tertiary/aromatic N) is 1. The summed E-state index contributed by atoms with van der Waals surface area (Å²) in [5.74, 6) is 0. The molecule has 0 fully saturated rings. The Hall–Kier alpha value is -1.53. The molecule has 0 aliphatic heterocycles. The maximum Gasteiger partial charge on any atom is 0.271 e. The van der Waals surface area contributed by atoms with Gasteiger partial charge in [-0.05, 0) is 23.8 Å².